The van der Waals surface area contributed by atoms with Crippen LogP contribution in [0.5, 0.6) is 5.75 Å². The Labute approximate surface area is 205 Å². The fourth-order valence-corrected chi connectivity index (χ4v) is 4.41. The van der Waals surface area contributed by atoms with Crippen LogP contribution in [0.15, 0.2) is 59.4 Å². The third-order valence-corrected chi connectivity index (χ3v) is 6.16. The topological polar surface area (TPSA) is 88.9 Å². The van der Waals surface area contributed by atoms with Crippen LogP contribution in [-0.4, -0.2) is 37.2 Å². The summed E-state index contributed by atoms with van der Waals surface area (Å²) in [5.41, 5.74) is 2.27. The smallest absolute Gasteiger partial charge is 0.252 e. The molecule has 8 heteroatoms. The van der Waals surface area contributed by atoms with Gasteiger partial charge in [0.1, 0.15) is 5.75 Å². The van der Waals surface area contributed by atoms with Crippen LogP contribution in [0.4, 0.5) is 0 Å². The van der Waals surface area contributed by atoms with Crippen molar-refractivity contribution < 1.29 is 4.74 Å². The first-order valence-corrected chi connectivity index (χ1v) is 12.1. The second kappa shape index (κ2) is 10.4. The predicted octanol–water partition coefficient (Wildman–Crippen LogP) is 4.82. The molecule has 0 aliphatic heterocycles. The fourth-order valence-electron chi connectivity index (χ4n) is 4.41. The summed E-state index contributed by atoms with van der Waals surface area (Å²) in [6, 6.07) is 18.0. The van der Waals surface area contributed by atoms with Gasteiger partial charge >= 0.3 is 0 Å². The van der Waals surface area contributed by atoms with Crippen LogP contribution < -0.4 is 10.3 Å². The summed E-state index contributed by atoms with van der Waals surface area (Å²) >= 11 is 0. The average Bonchev–Trinajstić information content (AvgIpc) is 3.33. The van der Waals surface area contributed by atoms with E-state index in [2.05, 4.69) is 65.2 Å². The van der Waals surface area contributed by atoms with E-state index in [1.807, 2.05) is 47.1 Å². The molecule has 4 rings (SSSR count). The molecular formula is C27H34N6O2. The molecule has 4 aromatic rings. The van der Waals surface area contributed by atoms with E-state index in [0.29, 0.717) is 24.4 Å². The van der Waals surface area contributed by atoms with E-state index >= 15 is 0 Å². The van der Waals surface area contributed by atoms with Crippen LogP contribution in [0.1, 0.15) is 63.5 Å². The molecule has 2 heterocycles. The molecule has 0 aliphatic rings. The van der Waals surface area contributed by atoms with Crippen molar-refractivity contribution in [3.8, 4) is 5.75 Å². The maximum atomic E-state index is 13.1. The van der Waals surface area contributed by atoms with E-state index in [-0.39, 0.29) is 17.1 Å². The first-order chi connectivity index (χ1) is 16.8. The minimum atomic E-state index is -0.261. The number of hydrogen-bond donors (Lipinski definition) is 1. The number of pyridine rings is 1. The first-order valence-electron chi connectivity index (χ1n) is 12.1. The summed E-state index contributed by atoms with van der Waals surface area (Å²) in [5.74, 6) is 1.53. The predicted molar refractivity (Wildman–Crippen MR) is 137 cm³/mol. The highest BCUT2D eigenvalue weighted by atomic mass is 16.5. The Bertz CT molecular complexity index is 1320. The zero-order valence-electron chi connectivity index (χ0n) is 21.2. The Kier molecular flexibility index (Phi) is 7.31. The van der Waals surface area contributed by atoms with E-state index in [9.17, 15) is 4.79 Å². The molecule has 1 atom stereocenters. The van der Waals surface area contributed by atoms with Crippen LogP contribution in [0.25, 0.3) is 10.9 Å². The van der Waals surface area contributed by atoms with Gasteiger partial charge in [0.25, 0.3) is 5.56 Å². The monoisotopic (exact) mass is 474 g/mol. The van der Waals surface area contributed by atoms with Gasteiger partial charge in [0, 0.05) is 24.7 Å². The second-order valence-corrected chi connectivity index (χ2v) is 9.89. The number of hydrogen-bond acceptors (Lipinski definition) is 6. The molecule has 0 bridgehead atoms. The van der Waals surface area contributed by atoms with Crippen molar-refractivity contribution in [2.24, 2.45) is 0 Å². The normalized spacial score (nSPS) is 12.9. The van der Waals surface area contributed by atoms with Crippen LogP contribution in [0.3, 0.4) is 0 Å². The minimum absolute atomic E-state index is 0.0552. The summed E-state index contributed by atoms with van der Waals surface area (Å²) in [5, 5.41) is 13.8. The van der Waals surface area contributed by atoms with Crippen LogP contribution >= 0.6 is 0 Å². The Balaban J connectivity index is 1.77. The third-order valence-electron chi connectivity index (χ3n) is 6.16. The first kappa shape index (κ1) is 24.6. The van der Waals surface area contributed by atoms with Gasteiger partial charge in [0.05, 0.1) is 24.2 Å². The number of tetrazole rings is 1. The Morgan fingerprint density at radius 2 is 1.86 bits per heavy atom. The lowest BCUT2D eigenvalue weighted by Crippen LogP contribution is -2.35. The van der Waals surface area contributed by atoms with Crippen molar-refractivity contribution in [2.45, 2.75) is 65.2 Å². The van der Waals surface area contributed by atoms with Crippen molar-refractivity contribution in [1.82, 2.24) is 30.1 Å². The van der Waals surface area contributed by atoms with Gasteiger partial charge in [0.2, 0.25) is 0 Å². The molecule has 1 N–H and O–H groups in total. The molecule has 2 aromatic carbocycles. The number of benzene rings is 2. The summed E-state index contributed by atoms with van der Waals surface area (Å²) in [4.78, 5) is 18.5. The number of methoxy groups -OCH3 is 1. The van der Waals surface area contributed by atoms with Crippen molar-refractivity contribution in [3.63, 3.8) is 0 Å². The van der Waals surface area contributed by atoms with Gasteiger partial charge in [-0.25, -0.2) is 4.68 Å². The maximum Gasteiger partial charge on any atom is 0.252 e. The molecule has 184 valence electrons. The standard InChI is InChI=1S/C27H34N6O2/c1-6-10-24(25-29-30-31-33(25)27(2,3)4)32(17-19-11-8-7-9-12-19)18-21-15-20-13-14-22(35-5)16-23(20)28-26(21)34/h7-9,11-16,24H,6,10,17-18H2,1-5H3,(H,28,34). The van der Waals surface area contributed by atoms with Crippen LogP contribution in [-0.2, 0) is 18.6 Å². The number of nitrogens with one attached hydrogen (secondary N) is 1. The van der Waals surface area contributed by atoms with Gasteiger partial charge < -0.3 is 9.72 Å². The van der Waals surface area contributed by atoms with E-state index in [0.717, 1.165) is 29.6 Å². The SMILES string of the molecule is CCCC(c1nnnn1C(C)(C)C)N(Cc1ccccc1)Cc1cc2ccc(OC)cc2[nH]c1=O. The van der Waals surface area contributed by atoms with Crippen molar-refractivity contribution in [1.29, 1.82) is 0 Å². The highest BCUT2D eigenvalue weighted by Crippen LogP contribution is 2.30. The molecule has 0 spiro atoms. The van der Waals surface area contributed by atoms with E-state index < -0.39 is 0 Å². The number of H-pyrrole nitrogens is 1. The third kappa shape index (κ3) is 5.59. The number of ether oxygens (including phenoxy) is 1. The average molecular weight is 475 g/mol. The molecular weight excluding hydrogens is 440 g/mol. The van der Waals surface area contributed by atoms with Crippen molar-refractivity contribution in [2.75, 3.05) is 7.11 Å². The molecule has 0 aliphatic carbocycles. The lowest BCUT2D eigenvalue weighted by Gasteiger charge is -2.33. The number of aromatic amines is 1. The number of rotatable bonds is 9. The van der Waals surface area contributed by atoms with Crippen molar-refractivity contribution >= 4 is 10.9 Å². The van der Waals surface area contributed by atoms with Crippen LogP contribution in [0, 0.1) is 0 Å². The molecule has 35 heavy (non-hydrogen) atoms. The van der Waals surface area contributed by atoms with Gasteiger partial charge in [-0.1, -0.05) is 43.7 Å². The Morgan fingerprint density at radius 1 is 1.09 bits per heavy atom. The molecule has 1 unspecified atom stereocenters. The molecule has 2 aromatic heterocycles. The molecule has 0 saturated carbocycles. The van der Waals surface area contributed by atoms with E-state index in [1.54, 1.807) is 7.11 Å². The Hall–Kier alpha value is -3.52. The fraction of sp³-hybridized carbons (Fsp3) is 0.407. The number of nitrogens with zero attached hydrogens (tertiary/aromatic N) is 5. The number of aromatic nitrogens is 5. The summed E-state index contributed by atoms with van der Waals surface area (Å²) in [6.07, 6.45) is 1.83. The van der Waals surface area contributed by atoms with Crippen molar-refractivity contribution in [3.05, 3.63) is 81.9 Å². The van der Waals surface area contributed by atoms with Gasteiger partial charge in [-0.15, -0.1) is 5.10 Å². The highest BCUT2D eigenvalue weighted by Gasteiger charge is 2.30. The van der Waals surface area contributed by atoms with Crippen LogP contribution in [0.2, 0.25) is 0 Å². The van der Waals surface area contributed by atoms with Gasteiger partial charge in [-0.3, -0.25) is 9.69 Å². The van der Waals surface area contributed by atoms with E-state index in [1.165, 1.54) is 5.56 Å². The zero-order chi connectivity index (χ0) is 25.0. The summed E-state index contributed by atoms with van der Waals surface area (Å²) in [6.45, 7) is 9.59. The lowest BCUT2D eigenvalue weighted by atomic mass is 10.0. The largest absolute Gasteiger partial charge is 0.497 e. The minimum Gasteiger partial charge on any atom is -0.497 e. The highest BCUT2D eigenvalue weighted by molar-refractivity contribution is 5.80. The summed E-state index contributed by atoms with van der Waals surface area (Å²) < 4.78 is 7.22. The second-order valence-electron chi connectivity index (χ2n) is 9.89. The number of fused-ring (bicyclic) bond motifs is 1. The molecule has 0 saturated heterocycles. The van der Waals surface area contributed by atoms with Gasteiger partial charge in [-0.2, -0.15) is 0 Å². The zero-order valence-corrected chi connectivity index (χ0v) is 21.2. The quantitative estimate of drug-likeness (QED) is 0.374. The lowest BCUT2D eigenvalue weighted by molar-refractivity contribution is 0.148. The molecule has 8 nitrogen and oxygen atoms in total. The molecule has 0 fully saturated rings. The Morgan fingerprint density at radius 3 is 2.54 bits per heavy atom. The molecule has 0 radical (unpaired) electrons. The molecule has 0 amide bonds. The van der Waals surface area contributed by atoms with Gasteiger partial charge in [0.15, 0.2) is 5.82 Å². The summed E-state index contributed by atoms with van der Waals surface area (Å²) in [7, 11) is 1.62. The van der Waals surface area contributed by atoms with Gasteiger partial charge in [-0.05, 0) is 66.8 Å². The maximum absolute atomic E-state index is 13.1. The van der Waals surface area contributed by atoms with E-state index in [4.69, 9.17) is 4.74 Å².